The van der Waals surface area contributed by atoms with Crippen LogP contribution in [-0.4, -0.2) is 36.7 Å². The first kappa shape index (κ1) is 15.1. The molecule has 0 aliphatic carbocycles. The molecule has 0 saturated heterocycles. The fourth-order valence-electron chi connectivity index (χ4n) is 1.61. The average molecular weight is 275 g/mol. The van der Waals surface area contributed by atoms with Gasteiger partial charge in [0, 0.05) is 18.7 Å². The zero-order chi connectivity index (χ0) is 13.9. The van der Waals surface area contributed by atoms with E-state index in [1.807, 2.05) is 0 Å². The number of hydrogen-bond acceptors (Lipinski definition) is 3. The van der Waals surface area contributed by atoms with Crippen LogP contribution in [0.5, 0.6) is 0 Å². The third-order valence-corrected chi connectivity index (χ3v) is 5.35. The summed E-state index contributed by atoms with van der Waals surface area (Å²) in [6.45, 7) is 2.57. The predicted octanol–water partition coefficient (Wildman–Crippen LogP) is 1.53. The third-order valence-electron chi connectivity index (χ3n) is 3.07. The molecular formula is C12H18FNO3S. The summed E-state index contributed by atoms with van der Waals surface area (Å²) in [6.07, 6.45) is 0. The summed E-state index contributed by atoms with van der Waals surface area (Å²) in [7, 11) is -2.25. The monoisotopic (exact) mass is 275 g/mol. The Morgan fingerprint density at radius 2 is 1.89 bits per heavy atom. The number of benzene rings is 1. The molecule has 2 atom stereocenters. The van der Waals surface area contributed by atoms with Gasteiger partial charge in [0.2, 0.25) is 10.0 Å². The number of halogens is 1. The fraction of sp³-hybridized carbons (Fsp3) is 0.500. The van der Waals surface area contributed by atoms with E-state index < -0.39 is 33.7 Å². The van der Waals surface area contributed by atoms with Gasteiger partial charge < -0.3 is 5.11 Å². The highest BCUT2D eigenvalue weighted by Gasteiger charge is 2.30. The SMILES string of the molecule is CC(c1ccccc1F)N(C)S(=O)(=O)C(C)CO. The summed E-state index contributed by atoms with van der Waals surface area (Å²) in [5, 5.41) is 8.04. The topological polar surface area (TPSA) is 57.6 Å². The molecule has 1 rings (SSSR count). The summed E-state index contributed by atoms with van der Waals surface area (Å²) in [5.41, 5.74) is 0.314. The first-order chi connectivity index (χ1) is 8.32. The van der Waals surface area contributed by atoms with E-state index in [1.165, 1.54) is 20.0 Å². The van der Waals surface area contributed by atoms with Crippen LogP contribution in [0.1, 0.15) is 25.5 Å². The number of nitrogens with zero attached hydrogens (tertiary/aromatic N) is 1. The second-order valence-electron chi connectivity index (χ2n) is 4.25. The van der Waals surface area contributed by atoms with E-state index in [-0.39, 0.29) is 0 Å². The minimum absolute atomic E-state index is 0.314. The molecule has 102 valence electrons. The molecule has 4 nitrogen and oxygen atoms in total. The van der Waals surface area contributed by atoms with Crippen LogP contribution in [0.2, 0.25) is 0 Å². The molecule has 0 aromatic heterocycles. The number of hydrogen-bond donors (Lipinski definition) is 1. The van der Waals surface area contributed by atoms with Gasteiger partial charge in [-0.2, -0.15) is 4.31 Å². The van der Waals surface area contributed by atoms with Gasteiger partial charge >= 0.3 is 0 Å². The van der Waals surface area contributed by atoms with E-state index in [2.05, 4.69) is 0 Å². The molecule has 1 aromatic rings. The summed E-state index contributed by atoms with van der Waals surface area (Å²) in [6, 6.07) is 5.43. The van der Waals surface area contributed by atoms with Crippen molar-refractivity contribution in [1.82, 2.24) is 4.31 Å². The molecule has 0 bridgehead atoms. The van der Waals surface area contributed by atoms with Gasteiger partial charge in [-0.3, -0.25) is 0 Å². The van der Waals surface area contributed by atoms with Gasteiger partial charge in [0.25, 0.3) is 0 Å². The summed E-state index contributed by atoms with van der Waals surface area (Å²) in [4.78, 5) is 0. The number of rotatable bonds is 5. The predicted molar refractivity (Wildman–Crippen MR) is 68.0 cm³/mol. The second-order valence-corrected chi connectivity index (χ2v) is 6.66. The second kappa shape index (κ2) is 5.77. The van der Waals surface area contributed by atoms with Gasteiger partial charge in [0.15, 0.2) is 0 Å². The van der Waals surface area contributed by atoms with Crippen LogP contribution in [0.25, 0.3) is 0 Å². The van der Waals surface area contributed by atoms with Crippen LogP contribution >= 0.6 is 0 Å². The normalized spacial score (nSPS) is 15.7. The van der Waals surface area contributed by atoms with E-state index in [9.17, 15) is 12.8 Å². The quantitative estimate of drug-likeness (QED) is 0.886. The molecule has 0 aliphatic heterocycles. The van der Waals surface area contributed by atoms with Gasteiger partial charge in [-0.25, -0.2) is 12.8 Å². The van der Waals surface area contributed by atoms with Crippen molar-refractivity contribution in [2.75, 3.05) is 13.7 Å². The van der Waals surface area contributed by atoms with Crippen LogP contribution in [0, 0.1) is 5.82 Å². The molecule has 0 radical (unpaired) electrons. The van der Waals surface area contributed by atoms with E-state index in [0.717, 1.165) is 4.31 Å². The van der Waals surface area contributed by atoms with Crippen molar-refractivity contribution >= 4 is 10.0 Å². The van der Waals surface area contributed by atoms with Crippen LogP contribution in [0.15, 0.2) is 24.3 Å². The first-order valence-electron chi connectivity index (χ1n) is 5.64. The molecule has 0 aliphatic rings. The van der Waals surface area contributed by atoms with Crippen molar-refractivity contribution in [3.8, 4) is 0 Å². The van der Waals surface area contributed by atoms with Crippen molar-refractivity contribution < 1.29 is 17.9 Å². The van der Waals surface area contributed by atoms with E-state index >= 15 is 0 Å². The molecular weight excluding hydrogens is 257 g/mol. The van der Waals surface area contributed by atoms with Gasteiger partial charge in [-0.05, 0) is 19.9 Å². The van der Waals surface area contributed by atoms with Crippen molar-refractivity contribution in [3.63, 3.8) is 0 Å². The maximum Gasteiger partial charge on any atom is 0.219 e. The Hall–Kier alpha value is -0.980. The van der Waals surface area contributed by atoms with E-state index in [1.54, 1.807) is 25.1 Å². The van der Waals surface area contributed by atoms with Crippen LogP contribution < -0.4 is 0 Å². The molecule has 6 heteroatoms. The summed E-state index contributed by atoms with van der Waals surface area (Å²) < 4.78 is 38.8. The number of aliphatic hydroxyl groups excluding tert-OH is 1. The molecule has 1 N–H and O–H groups in total. The largest absolute Gasteiger partial charge is 0.395 e. The van der Waals surface area contributed by atoms with Gasteiger partial charge in [-0.1, -0.05) is 18.2 Å². The minimum atomic E-state index is -3.64. The molecule has 0 saturated carbocycles. The lowest BCUT2D eigenvalue weighted by Gasteiger charge is -2.27. The highest BCUT2D eigenvalue weighted by Crippen LogP contribution is 2.25. The maximum atomic E-state index is 13.6. The Bertz CT molecular complexity index is 504. The maximum absolute atomic E-state index is 13.6. The molecule has 2 unspecified atom stereocenters. The average Bonchev–Trinajstić information content (AvgIpc) is 2.36. The van der Waals surface area contributed by atoms with Gasteiger partial charge in [0.1, 0.15) is 5.82 Å². The Labute approximate surface area is 107 Å². The van der Waals surface area contributed by atoms with Crippen molar-refractivity contribution in [3.05, 3.63) is 35.6 Å². The van der Waals surface area contributed by atoms with Crippen molar-refractivity contribution in [2.24, 2.45) is 0 Å². The summed E-state index contributed by atoms with van der Waals surface area (Å²) >= 11 is 0. The zero-order valence-corrected chi connectivity index (χ0v) is 11.5. The minimum Gasteiger partial charge on any atom is -0.395 e. The first-order valence-corrected chi connectivity index (χ1v) is 7.14. The lowest BCUT2D eigenvalue weighted by atomic mass is 10.1. The molecule has 18 heavy (non-hydrogen) atoms. The van der Waals surface area contributed by atoms with Gasteiger partial charge in [-0.15, -0.1) is 0 Å². The summed E-state index contributed by atoms with van der Waals surface area (Å²) in [5.74, 6) is -0.441. The lowest BCUT2D eigenvalue weighted by Crippen LogP contribution is -2.38. The molecule has 1 aromatic carbocycles. The fourth-order valence-corrected chi connectivity index (χ4v) is 2.92. The van der Waals surface area contributed by atoms with Gasteiger partial charge in [0.05, 0.1) is 11.9 Å². The van der Waals surface area contributed by atoms with Crippen molar-refractivity contribution in [2.45, 2.75) is 25.1 Å². The standard InChI is InChI=1S/C12H18FNO3S/c1-9(8-15)18(16,17)14(3)10(2)11-6-4-5-7-12(11)13/h4-7,9-10,15H,8H2,1-3H3. The highest BCUT2D eigenvalue weighted by atomic mass is 32.2. The molecule has 0 fully saturated rings. The molecule has 0 spiro atoms. The Kier molecular flexibility index (Phi) is 4.84. The third kappa shape index (κ3) is 2.88. The van der Waals surface area contributed by atoms with Crippen LogP contribution in [0.3, 0.4) is 0 Å². The number of aliphatic hydroxyl groups is 1. The Balaban J connectivity index is 3.05. The lowest BCUT2D eigenvalue weighted by molar-refractivity contribution is 0.287. The Morgan fingerprint density at radius 3 is 2.39 bits per heavy atom. The number of sulfonamides is 1. The van der Waals surface area contributed by atoms with Crippen molar-refractivity contribution in [1.29, 1.82) is 0 Å². The smallest absolute Gasteiger partial charge is 0.219 e. The molecule has 0 heterocycles. The van der Waals surface area contributed by atoms with Crippen LogP contribution in [-0.2, 0) is 10.0 Å². The highest BCUT2D eigenvalue weighted by molar-refractivity contribution is 7.89. The van der Waals surface area contributed by atoms with Crippen LogP contribution in [0.4, 0.5) is 4.39 Å². The Morgan fingerprint density at radius 1 is 1.33 bits per heavy atom. The van der Waals surface area contributed by atoms with E-state index in [0.29, 0.717) is 5.56 Å². The molecule has 0 amide bonds. The zero-order valence-electron chi connectivity index (χ0n) is 10.7. The van der Waals surface area contributed by atoms with E-state index in [4.69, 9.17) is 5.11 Å².